The fourth-order valence-electron chi connectivity index (χ4n) is 0.879. The molecule has 0 fully saturated rings. The lowest BCUT2D eigenvalue weighted by Gasteiger charge is -2.30. The van der Waals surface area contributed by atoms with Gasteiger partial charge in [0.25, 0.3) is 0 Å². The molecule has 0 N–H and O–H groups in total. The van der Waals surface area contributed by atoms with Crippen LogP contribution in [-0.4, -0.2) is 35.2 Å². The minimum Gasteiger partial charge on any atom is -0.422 e. The number of hydrogen-bond acceptors (Lipinski definition) is 3. The smallest absolute Gasteiger partial charge is 0.422 e. The summed E-state index contributed by atoms with van der Waals surface area (Å²) in [4.78, 5) is 0. The van der Waals surface area contributed by atoms with Gasteiger partial charge < -0.3 is 12.3 Å². The fourth-order valence-corrected chi connectivity index (χ4v) is 9.35. The lowest BCUT2D eigenvalue weighted by molar-refractivity contribution is 0.306. The Morgan fingerprint density at radius 1 is 0.733 bits per heavy atom. The van der Waals surface area contributed by atoms with Crippen LogP contribution in [0.15, 0.2) is 0 Å². The summed E-state index contributed by atoms with van der Waals surface area (Å²) in [5.41, 5.74) is 0. The van der Waals surface area contributed by atoms with Crippen LogP contribution in [0.1, 0.15) is 0 Å². The molecule has 0 aliphatic heterocycles. The second kappa shape index (κ2) is 5.89. The summed E-state index contributed by atoms with van der Waals surface area (Å²) in [6, 6.07) is 0. The first kappa shape index (κ1) is 15.7. The highest BCUT2D eigenvalue weighted by molar-refractivity contribution is 6.81. The van der Waals surface area contributed by atoms with Crippen molar-refractivity contribution < 1.29 is 12.3 Å². The van der Waals surface area contributed by atoms with Gasteiger partial charge in [0, 0.05) is 0 Å². The van der Waals surface area contributed by atoms with Gasteiger partial charge in [-0.1, -0.05) is 0 Å². The van der Waals surface area contributed by atoms with Gasteiger partial charge in [0.15, 0.2) is 25.7 Å². The van der Waals surface area contributed by atoms with Gasteiger partial charge in [-0.05, 0) is 52.4 Å². The van der Waals surface area contributed by atoms with Crippen molar-refractivity contribution in [3.63, 3.8) is 0 Å². The molecule has 0 spiro atoms. The van der Waals surface area contributed by atoms with Gasteiger partial charge in [-0.25, -0.2) is 0 Å². The summed E-state index contributed by atoms with van der Waals surface area (Å²) in [7, 11) is -5.97. The van der Waals surface area contributed by atoms with Crippen molar-refractivity contribution in [3.05, 3.63) is 0 Å². The molecule has 7 heteroatoms. The summed E-state index contributed by atoms with van der Waals surface area (Å²) < 4.78 is 18.0. The minimum atomic E-state index is -1.86. The third-order valence-corrected chi connectivity index (χ3v) is 11.5. The monoisotopic (exact) mass is 282 g/mol. The van der Waals surface area contributed by atoms with Crippen molar-refractivity contribution >= 4 is 35.2 Å². The van der Waals surface area contributed by atoms with E-state index >= 15 is 0 Å². The Kier molecular flexibility index (Phi) is 6.19. The number of rotatable bonds is 6. The molecule has 0 amide bonds. The Morgan fingerprint density at radius 3 is 1.27 bits per heavy atom. The second-order valence-electron chi connectivity index (χ2n) is 5.93. The molecule has 0 saturated carbocycles. The van der Waals surface area contributed by atoms with Crippen molar-refractivity contribution in [1.29, 1.82) is 0 Å². The average molecular weight is 283 g/mol. The third kappa shape index (κ3) is 11.0. The highest BCUT2D eigenvalue weighted by Crippen LogP contribution is 2.13. The molecule has 0 aromatic heterocycles. The number of hydrogen-bond donors (Lipinski definition) is 0. The van der Waals surface area contributed by atoms with Crippen LogP contribution >= 0.6 is 0 Å². The molecule has 3 nitrogen and oxygen atoms in total. The molecular weight excluding hydrogens is 256 g/mol. The molecule has 0 bridgehead atoms. The van der Waals surface area contributed by atoms with E-state index in [-0.39, 0.29) is 0 Å². The Hall–Kier alpha value is 0.748. The van der Waals surface area contributed by atoms with E-state index < -0.39 is 35.2 Å². The molecule has 92 valence electrons. The second-order valence-corrected chi connectivity index (χ2v) is 20.0. The van der Waals surface area contributed by atoms with Crippen molar-refractivity contribution in [3.8, 4) is 0 Å². The van der Waals surface area contributed by atoms with Crippen LogP contribution in [0.4, 0.5) is 0 Å². The molecule has 0 unspecified atom stereocenters. The first-order chi connectivity index (χ1) is 6.49. The van der Waals surface area contributed by atoms with Crippen LogP contribution in [0.5, 0.6) is 0 Å². The Balaban J connectivity index is 4.32. The highest BCUT2D eigenvalue weighted by atomic mass is 28.5. The predicted octanol–water partition coefficient (Wildman–Crippen LogP) is 2.41. The van der Waals surface area contributed by atoms with Crippen LogP contribution in [0.25, 0.3) is 0 Å². The summed E-state index contributed by atoms with van der Waals surface area (Å²) in [6.07, 6.45) is 0. The molecule has 0 aliphatic rings. The molecule has 0 aliphatic carbocycles. The maximum Gasteiger partial charge on any atom is 0.452 e. The maximum atomic E-state index is 6.03. The molecule has 0 heterocycles. The van der Waals surface area contributed by atoms with Crippen LogP contribution in [0.3, 0.4) is 0 Å². The zero-order valence-electron chi connectivity index (χ0n) is 11.4. The molecule has 15 heavy (non-hydrogen) atoms. The fraction of sp³-hybridized carbons (Fsp3) is 1.00. The van der Waals surface area contributed by atoms with E-state index in [4.69, 9.17) is 12.3 Å². The zero-order valence-corrected chi connectivity index (χ0v) is 15.7. The molecule has 0 atom stereocenters. The summed E-state index contributed by atoms with van der Waals surface area (Å²) in [5.74, 6) is 0. The molecule has 0 radical (unpaired) electrons. The van der Waals surface area contributed by atoms with Gasteiger partial charge in [-0.3, -0.25) is 0 Å². The molecule has 0 aromatic carbocycles. The summed E-state index contributed by atoms with van der Waals surface area (Å²) in [6.45, 7) is 17.5. The highest BCUT2D eigenvalue weighted by Gasteiger charge is 2.30. The third-order valence-electron chi connectivity index (χ3n) is 1.28. The van der Waals surface area contributed by atoms with E-state index in [0.717, 1.165) is 0 Å². The van der Waals surface area contributed by atoms with E-state index in [1.54, 1.807) is 0 Å². The van der Waals surface area contributed by atoms with E-state index in [1.165, 1.54) is 0 Å². The van der Waals surface area contributed by atoms with E-state index in [0.29, 0.717) is 0 Å². The SMILES string of the molecule is C[SiH](C)O[SiH](O[Si](C)(C)C)O[Si](C)(C)C. The van der Waals surface area contributed by atoms with Crippen LogP contribution < -0.4 is 0 Å². The largest absolute Gasteiger partial charge is 0.452 e. The van der Waals surface area contributed by atoms with Gasteiger partial charge in [0.05, 0.1) is 0 Å². The van der Waals surface area contributed by atoms with Crippen molar-refractivity contribution in [2.45, 2.75) is 52.4 Å². The molecule has 0 aromatic rings. The van der Waals surface area contributed by atoms with Crippen molar-refractivity contribution in [2.24, 2.45) is 0 Å². The van der Waals surface area contributed by atoms with E-state index in [9.17, 15) is 0 Å². The van der Waals surface area contributed by atoms with Crippen LogP contribution in [0.2, 0.25) is 52.4 Å². The van der Waals surface area contributed by atoms with Gasteiger partial charge in [-0.2, -0.15) is 0 Å². The first-order valence-electron chi connectivity index (χ1n) is 5.51. The normalized spacial score (nSPS) is 14.0. The van der Waals surface area contributed by atoms with Gasteiger partial charge in [0.2, 0.25) is 0 Å². The minimum absolute atomic E-state index is 1.05. The topological polar surface area (TPSA) is 27.7 Å². The van der Waals surface area contributed by atoms with Crippen molar-refractivity contribution in [1.82, 2.24) is 0 Å². The predicted molar refractivity (Wildman–Crippen MR) is 76.0 cm³/mol. The van der Waals surface area contributed by atoms with Gasteiger partial charge in [-0.15, -0.1) is 0 Å². The van der Waals surface area contributed by atoms with E-state index in [1.807, 2.05) is 0 Å². The standard InChI is InChI=1S/C8H26O3Si4/c1-12(2)9-13(10-14(3,4)5)11-15(6,7)8/h12-13H,1-8H3. The first-order valence-corrected chi connectivity index (χ1v) is 16.5. The van der Waals surface area contributed by atoms with Crippen LogP contribution in [-0.2, 0) is 12.3 Å². The molecule has 0 saturated heterocycles. The lowest BCUT2D eigenvalue weighted by atomic mass is 11.8. The van der Waals surface area contributed by atoms with Crippen molar-refractivity contribution in [2.75, 3.05) is 0 Å². The Morgan fingerprint density at radius 2 is 1.07 bits per heavy atom. The summed E-state index contributed by atoms with van der Waals surface area (Å²) in [5, 5.41) is 0. The quantitative estimate of drug-likeness (QED) is 0.700. The molecular formula is C8H26O3Si4. The lowest BCUT2D eigenvalue weighted by Crippen LogP contribution is -2.46. The van der Waals surface area contributed by atoms with E-state index in [2.05, 4.69) is 52.4 Å². The zero-order chi connectivity index (χ0) is 12.3. The Bertz CT molecular complexity index is 169. The maximum absolute atomic E-state index is 6.03. The molecule has 0 rings (SSSR count). The van der Waals surface area contributed by atoms with Gasteiger partial charge in [0.1, 0.15) is 0 Å². The average Bonchev–Trinajstić information content (AvgIpc) is 1.73. The van der Waals surface area contributed by atoms with Gasteiger partial charge >= 0.3 is 9.53 Å². The summed E-state index contributed by atoms with van der Waals surface area (Å²) >= 11 is 0. The van der Waals surface area contributed by atoms with Crippen LogP contribution in [0, 0.1) is 0 Å². The Labute approximate surface area is 100 Å².